The smallest absolute Gasteiger partial charge is 0.293 e. The molecule has 1 heterocycles. The summed E-state index contributed by atoms with van der Waals surface area (Å²) in [5.41, 5.74) is -0.412. The molecule has 0 spiro atoms. The summed E-state index contributed by atoms with van der Waals surface area (Å²) in [6, 6.07) is 12.5. The Kier molecular flexibility index (Phi) is 5.31. The molecule has 150 valence electrons. The standard InChI is InChI=1S/C19H23N3O5S/c1-3-21(15-7-5-4-6-8-15)28(26,27)16-9-10-17(18(13-16)22(24)25)20-12-11-19(2,23)14-20/h4-10,13,23H,3,11-12,14H2,1-2H3. The average Bonchev–Trinajstić information content (AvgIpc) is 3.02. The summed E-state index contributed by atoms with van der Waals surface area (Å²) in [5, 5.41) is 21.8. The van der Waals surface area contributed by atoms with Gasteiger partial charge in [0.25, 0.3) is 15.7 Å². The third-order valence-electron chi connectivity index (χ3n) is 4.86. The number of nitrogens with zero attached hydrogens (tertiary/aromatic N) is 3. The minimum Gasteiger partial charge on any atom is -0.388 e. The van der Waals surface area contributed by atoms with Crippen molar-refractivity contribution in [2.24, 2.45) is 0 Å². The molecule has 1 atom stereocenters. The van der Waals surface area contributed by atoms with Gasteiger partial charge in [-0.2, -0.15) is 0 Å². The molecule has 0 radical (unpaired) electrons. The number of hydrogen-bond acceptors (Lipinski definition) is 6. The Balaban J connectivity index is 2.03. The zero-order valence-electron chi connectivity index (χ0n) is 15.8. The third-order valence-corrected chi connectivity index (χ3v) is 6.75. The first-order valence-corrected chi connectivity index (χ1v) is 10.4. The van der Waals surface area contributed by atoms with Gasteiger partial charge in [-0.05, 0) is 44.5 Å². The quantitative estimate of drug-likeness (QED) is 0.585. The molecule has 1 fully saturated rings. The van der Waals surface area contributed by atoms with Crippen molar-refractivity contribution in [1.29, 1.82) is 0 Å². The van der Waals surface area contributed by atoms with Gasteiger partial charge in [-0.3, -0.25) is 14.4 Å². The molecule has 28 heavy (non-hydrogen) atoms. The van der Waals surface area contributed by atoms with Gasteiger partial charge in [-0.1, -0.05) is 18.2 Å². The van der Waals surface area contributed by atoms with Gasteiger partial charge >= 0.3 is 0 Å². The van der Waals surface area contributed by atoms with Crippen LogP contribution in [0.5, 0.6) is 0 Å². The Labute approximate surface area is 164 Å². The van der Waals surface area contributed by atoms with Gasteiger partial charge in [-0.15, -0.1) is 0 Å². The molecule has 9 heteroatoms. The molecule has 0 amide bonds. The van der Waals surface area contributed by atoms with Crippen molar-refractivity contribution in [3.8, 4) is 0 Å². The van der Waals surface area contributed by atoms with Gasteiger partial charge in [0.1, 0.15) is 5.69 Å². The highest BCUT2D eigenvalue weighted by Gasteiger charge is 2.35. The fourth-order valence-corrected chi connectivity index (χ4v) is 4.94. The van der Waals surface area contributed by atoms with Gasteiger partial charge < -0.3 is 10.0 Å². The lowest BCUT2D eigenvalue weighted by Gasteiger charge is -2.24. The maximum atomic E-state index is 13.1. The predicted octanol–water partition coefficient (Wildman–Crippen LogP) is 2.77. The SMILES string of the molecule is CCN(c1ccccc1)S(=O)(=O)c1ccc(N2CCC(C)(O)C2)c([N+](=O)[O-])c1. The summed E-state index contributed by atoms with van der Waals surface area (Å²) in [5.74, 6) is 0. The van der Waals surface area contributed by atoms with Crippen molar-refractivity contribution in [2.75, 3.05) is 28.8 Å². The van der Waals surface area contributed by atoms with E-state index in [2.05, 4.69) is 0 Å². The minimum atomic E-state index is -3.96. The first-order valence-electron chi connectivity index (χ1n) is 8.99. The third kappa shape index (κ3) is 3.81. The fraction of sp³-hybridized carbons (Fsp3) is 0.368. The van der Waals surface area contributed by atoms with Crippen molar-refractivity contribution in [3.05, 3.63) is 58.6 Å². The van der Waals surface area contributed by atoms with E-state index in [1.165, 1.54) is 16.4 Å². The van der Waals surface area contributed by atoms with Gasteiger partial charge in [0, 0.05) is 25.7 Å². The van der Waals surface area contributed by atoms with Crippen LogP contribution < -0.4 is 9.21 Å². The number of para-hydroxylation sites is 1. The Morgan fingerprint density at radius 1 is 1.25 bits per heavy atom. The first kappa shape index (κ1) is 20.1. The molecule has 0 aromatic heterocycles. The molecule has 1 N–H and O–H groups in total. The molecule has 1 aliphatic heterocycles. The molecule has 1 aliphatic rings. The van der Waals surface area contributed by atoms with E-state index < -0.39 is 20.5 Å². The van der Waals surface area contributed by atoms with Crippen LogP contribution in [-0.4, -0.2) is 43.7 Å². The number of β-amino-alcohol motifs (C(OH)–C–C–N with tert-alkyl or cyclic N) is 1. The lowest BCUT2D eigenvalue weighted by atomic mass is 10.1. The molecular formula is C19H23N3O5S. The van der Waals surface area contributed by atoms with Gasteiger partial charge in [0.05, 0.1) is 21.1 Å². The molecule has 8 nitrogen and oxygen atoms in total. The second kappa shape index (κ2) is 7.40. The number of benzene rings is 2. The molecule has 0 saturated carbocycles. The van der Waals surface area contributed by atoms with Crippen LogP contribution >= 0.6 is 0 Å². The van der Waals surface area contributed by atoms with Crippen LogP contribution in [0, 0.1) is 10.1 Å². The highest BCUT2D eigenvalue weighted by molar-refractivity contribution is 7.92. The molecule has 0 bridgehead atoms. The highest BCUT2D eigenvalue weighted by atomic mass is 32.2. The predicted molar refractivity (Wildman–Crippen MR) is 107 cm³/mol. The Bertz CT molecular complexity index is 976. The van der Waals surface area contributed by atoms with Crippen molar-refractivity contribution in [1.82, 2.24) is 0 Å². The van der Waals surface area contributed by atoms with Crippen molar-refractivity contribution >= 4 is 27.1 Å². The summed E-state index contributed by atoms with van der Waals surface area (Å²) in [6.07, 6.45) is 0.488. The van der Waals surface area contributed by atoms with Gasteiger partial charge in [0.15, 0.2) is 0 Å². The molecule has 1 saturated heterocycles. The molecule has 2 aromatic rings. The Morgan fingerprint density at radius 3 is 2.46 bits per heavy atom. The fourth-order valence-electron chi connectivity index (χ4n) is 3.44. The maximum Gasteiger partial charge on any atom is 0.293 e. The number of anilines is 2. The number of aliphatic hydroxyl groups is 1. The molecule has 2 aromatic carbocycles. The second-order valence-corrected chi connectivity index (χ2v) is 8.94. The number of nitro groups is 1. The summed E-state index contributed by atoms with van der Waals surface area (Å²) in [7, 11) is -3.96. The maximum absolute atomic E-state index is 13.1. The summed E-state index contributed by atoms with van der Waals surface area (Å²) in [6.45, 7) is 4.29. The number of nitro benzene ring substituents is 1. The van der Waals surface area contributed by atoms with E-state index in [1.54, 1.807) is 49.1 Å². The van der Waals surface area contributed by atoms with E-state index in [0.717, 1.165) is 6.07 Å². The zero-order chi connectivity index (χ0) is 20.5. The first-order chi connectivity index (χ1) is 13.2. The summed E-state index contributed by atoms with van der Waals surface area (Å²) < 4.78 is 27.5. The van der Waals surface area contributed by atoms with E-state index in [0.29, 0.717) is 24.3 Å². The summed E-state index contributed by atoms with van der Waals surface area (Å²) >= 11 is 0. The summed E-state index contributed by atoms with van der Waals surface area (Å²) in [4.78, 5) is 12.6. The molecule has 1 unspecified atom stereocenters. The monoisotopic (exact) mass is 405 g/mol. The van der Waals surface area contributed by atoms with Crippen molar-refractivity contribution < 1.29 is 18.4 Å². The zero-order valence-corrected chi connectivity index (χ0v) is 16.6. The van der Waals surface area contributed by atoms with Gasteiger partial charge in [-0.25, -0.2) is 8.42 Å². The van der Waals surface area contributed by atoms with E-state index in [1.807, 2.05) is 0 Å². The largest absolute Gasteiger partial charge is 0.388 e. The molecular weight excluding hydrogens is 382 g/mol. The number of hydrogen-bond donors (Lipinski definition) is 1. The van der Waals surface area contributed by atoms with Gasteiger partial charge in [0.2, 0.25) is 0 Å². The Hall–Kier alpha value is -2.65. The van der Waals surface area contributed by atoms with Crippen LogP contribution in [0.4, 0.5) is 17.1 Å². The lowest BCUT2D eigenvalue weighted by Crippen LogP contribution is -2.31. The lowest BCUT2D eigenvalue weighted by molar-refractivity contribution is -0.384. The van der Waals surface area contributed by atoms with E-state index in [-0.39, 0.29) is 23.7 Å². The van der Waals surface area contributed by atoms with Crippen LogP contribution in [0.15, 0.2) is 53.4 Å². The van der Waals surface area contributed by atoms with E-state index >= 15 is 0 Å². The van der Waals surface area contributed by atoms with Crippen molar-refractivity contribution in [3.63, 3.8) is 0 Å². The Morgan fingerprint density at radius 2 is 1.93 bits per heavy atom. The molecule has 3 rings (SSSR count). The normalized spacial score (nSPS) is 19.6. The highest BCUT2D eigenvalue weighted by Crippen LogP contribution is 2.36. The van der Waals surface area contributed by atoms with E-state index in [4.69, 9.17) is 0 Å². The topological polar surface area (TPSA) is 104 Å². The molecule has 0 aliphatic carbocycles. The van der Waals surface area contributed by atoms with Crippen LogP contribution in [-0.2, 0) is 10.0 Å². The van der Waals surface area contributed by atoms with Crippen LogP contribution in [0.25, 0.3) is 0 Å². The number of sulfonamides is 1. The van der Waals surface area contributed by atoms with E-state index in [9.17, 15) is 23.6 Å². The minimum absolute atomic E-state index is 0.139. The van der Waals surface area contributed by atoms with Crippen LogP contribution in [0.3, 0.4) is 0 Å². The van der Waals surface area contributed by atoms with Crippen LogP contribution in [0.2, 0.25) is 0 Å². The average molecular weight is 405 g/mol. The second-order valence-electron chi connectivity index (χ2n) is 7.08. The van der Waals surface area contributed by atoms with Crippen LogP contribution in [0.1, 0.15) is 20.3 Å². The van der Waals surface area contributed by atoms with Crippen molar-refractivity contribution in [2.45, 2.75) is 30.8 Å². The number of rotatable bonds is 6.